The minimum Gasteiger partial charge on any atom is -0.387 e. The van der Waals surface area contributed by atoms with Crippen molar-refractivity contribution < 1.29 is 33.4 Å². The Morgan fingerprint density at radius 1 is 1.33 bits per heavy atom. The molecule has 2 unspecified atom stereocenters. The molecule has 4 rings (SSSR count). The summed E-state index contributed by atoms with van der Waals surface area (Å²) in [5.41, 5.74) is 3.58. The molecule has 230 valence electrons. The first kappa shape index (κ1) is 32.3. The first-order chi connectivity index (χ1) is 19.8. The summed E-state index contributed by atoms with van der Waals surface area (Å²) in [6.45, 7) is 6.70. The fourth-order valence-electron chi connectivity index (χ4n) is 4.21. The molecule has 42 heavy (non-hydrogen) atoms. The molecule has 0 radical (unpaired) electrons. The van der Waals surface area contributed by atoms with Crippen LogP contribution in [0.2, 0.25) is 0 Å². The Kier molecular flexibility index (Phi) is 9.95. The van der Waals surface area contributed by atoms with Crippen LogP contribution in [0.4, 0.5) is 5.95 Å². The van der Waals surface area contributed by atoms with Gasteiger partial charge in [-0.1, -0.05) is 62.9 Å². The average molecular weight is 625 g/mol. The van der Waals surface area contributed by atoms with Crippen molar-refractivity contribution in [2.24, 2.45) is 5.41 Å². The molecule has 3 aromatic rings. The molecule has 1 saturated heterocycles. The van der Waals surface area contributed by atoms with Crippen molar-refractivity contribution in [2.45, 2.75) is 64.7 Å². The summed E-state index contributed by atoms with van der Waals surface area (Å²) in [5.74, 6) is 0.0957. The minimum absolute atomic E-state index is 0.00242. The highest BCUT2D eigenvalue weighted by Gasteiger charge is 2.54. The van der Waals surface area contributed by atoms with E-state index in [1.165, 1.54) is 17.8 Å². The van der Waals surface area contributed by atoms with Crippen molar-refractivity contribution in [3.05, 3.63) is 52.6 Å². The van der Waals surface area contributed by atoms with Crippen molar-refractivity contribution in [1.29, 1.82) is 0 Å². The molecule has 0 bridgehead atoms. The molecule has 1 fully saturated rings. The third-order valence-electron chi connectivity index (χ3n) is 7.20. The number of thioether (sulfide) groups is 1. The summed E-state index contributed by atoms with van der Waals surface area (Å²) in [5, 5.41) is 25.0. The molecule has 0 saturated carbocycles. The van der Waals surface area contributed by atoms with Crippen molar-refractivity contribution in [1.82, 2.24) is 24.6 Å². The first-order valence-electron chi connectivity index (χ1n) is 13.4. The van der Waals surface area contributed by atoms with Crippen LogP contribution in [0.25, 0.3) is 11.2 Å². The number of nitrogens with two attached hydrogens (primary N) is 1. The number of nitrogens with one attached hydrogen (secondary N) is 2. The van der Waals surface area contributed by atoms with E-state index >= 15 is 0 Å². The largest absolute Gasteiger partial charge is 0.405 e. The maximum atomic E-state index is 13.7. The predicted octanol–water partition coefficient (Wildman–Crippen LogP) is 2.34. The molecular formula is C26H37N6O8PS. The lowest BCUT2D eigenvalue weighted by Crippen LogP contribution is -2.44. The van der Waals surface area contributed by atoms with Gasteiger partial charge in [0.25, 0.3) is 5.56 Å². The van der Waals surface area contributed by atoms with Crippen molar-refractivity contribution in [2.75, 3.05) is 24.7 Å². The van der Waals surface area contributed by atoms with Crippen LogP contribution in [0.15, 0.2) is 41.5 Å². The van der Waals surface area contributed by atoms with E-state index in [0.717, 1.165) is 17.3 Å². The Morgan fingerprint density at radius 3 is 2.74 bits per heavy atom. The number of aromatic amines is 1. The van der Waals surface area contributed by atoms with Crippen molar-refractivity contribution >= 4 is 41.7 Å². The summed E-state index contributed by atoms with van der Waals surface area (Å²) in [6, 6.07) is 9.20. The van der Waals surface area contributed by atoms with Gasteiger partial charge in [-0.2, -0.15) is 4.98 Å². The number of benzene rings is 1. The molecule has 0 amide bonds. The number of imidazole rings is 1. The van der Waals surface area contributed by atoms with Gasteiger partial charge in [0, 0.05) is 17.7 Å². The number of H-pyrrole nitrogens is 1. The van der Waals surface area contributed by atoms with Crippen LogP contribution >= 0.6 is 19.5 Å². The lowest BCUT2D eigenvalue weighted by Gasteiger charge is -2.27. The summed E-state index contributed by atoms with van der Waals surface area (Å²) >= 11 is 1.09. The molecule has 16 heteroatoms. The van der Waals surface area contributed by atoms with E-state index in [4.69, 9.17) is 19.5 Å². The second kappa shape index (κ2) is 12.9. The number of ether oxygens (including phenoxy) is 1. The van der Waals surface area contributed by atoms with E-state index in [9.17, 15) is 24.4 Å². The zero-order valence-corrected chi connectivity index (χ0v) is 25.6. The molecule has 5 atom stereocenters. The Hall–Kier alpha value is -2.62. The van der Waals surface area contributed by atoms with Gasteiger partial charge >= 0.3 is 7.75 Å². The molecular weight excluding hydrogens is 587 g/mol. The quantitative estimate of drug-likeness (QED) is 0.137. The number of fused-ring (bicyclic) bond motifs is 1. The zero-order chi connectivity index (χ0) is 30.7. The Balaban J connectivity index is 1.46. The highest BCUT2D eigenvalue weighted by Crippen LogP contribution is 2.47. The number of anilines is 1. The molecule has 6 N–H and O–H groups in total. The van der Waals surface area contributed by atoms with Crippen molar-refractivity contribution in [3.63, 3.8) is 0 Å². The number of carbonyl (C=O) groups is 1. The smallest absolute Gasteiger partial charge is 0.387 e. The van der Waals surface area contributed by atoms with E-state index in [2.05, 4.69) is 20.0 Å². The molecule has 14 nitrogen and oxygen atoms in total. The van der Waals surface area contributed by atoms with Crippen LogP contribution in [-0.2, 0) is 29.7 Å². The number of aliphatic hydroxyl groups is 2. The minimum atomic E-state index is -3.99. The number of hydrogen-bond donors (Lipinski definition) is 5. The van der Waals surface area contributed by atoms with Gasteiger partial charge in [0.15, 0.2) is 22.5 Å². The molecule has 1 aliphatic heterocycles. The molecule has 0 aliphatic carbocycles. The van der Waals surface area contributed by atoms with Crippen molar-refractivity contribution in [3.8, 4) is 0 Å². The Labute approximate surface area is 247 Å². The molecule has 1 aliphatic rings. The Morgan fingerprint density at radius 2 is 2.05 bits per heavy atom. The van der Waals surface area contributed by atoms with Crippen LogP contribution in [0.1, 0.15) is 45.9 Å². The van der Waals surface area contributed by atoms with Crippen LogP contribution in [0, 0.1) is 5.41 Å². The number of aromatic nitrogens is 4. The van der Waals surface area contributed by atoms with Crippen LogP contribution in [0.3, 0.4) is 0 Å². The van der Waals surface area contributed by atoms with E-state index in [1.54, 1.807) is 0 Å². The lowest BCUT2D eigenvalue weighted by atomic mass is 9.92. The normalized spacial score (nSPS) is 24.2. The maximum absolute atomic E-state index is 13.7. The lowest BCUT2D eigenvalue weighted by molar-refractivity contribution is -0.118. The summed E-state index contributed by atoms with van der Waals surface area (Å²) in [7, 11) is -3.99. The average Bonchev–Trinajstić information content (AvgIpc) is 3.47. The van der Waals surface area contributed by atoms with Gasteiger partial charge < -0.3 is 20.7 Å². The summed E-state index contributed by atoms with van der Waals surface area (Å²) in [6.07, 6.45) is -1.95. The number of hydrogen-bond acceptors (Lipinski definition) is 12. The SMILES string of the molecule is CCC(C)(C)C(=O)SCCOP(=O)(NCc1ccccc1)OC[C@H]1O[C@@H](n2cnc3c(=O)[nH]c(N)nc32)[C@@](C)(O)C1O. The van der Waals surface area contributed by atoms with Crippen LogP contribution in [-0.4, -0.2) is 71.6 Å². The number of nitrogens with zero attached hydrogens (tertiary/aromatic N) is 3. The van der Waals surface area contributed by atoms with Crippen LogP contribution in [0.5, 0.6) is 0 Å². The van der Waals surface area contributed by atoms with E-state index < -0.39 is 49.4 Å². The topological polar surface area (TPSA) is 204 Å². The van der Waals surface area contributed by atoms with E-state index in [1.807, 2.05) is 51.1 Å². The standard InChI is InChI=1S/C26H37N6O8PS/c1-5-25(2,3)23(35)42-12-11-38-41(37,29-13-16-9-7-6-8-10-16)39-14-17-19(33)26(4,36)22(40-17)32-15-28-18-20(32)30-24(27)31-21(18)34/h6-10,15,17,19,22,33,36H,5,11-14H2,1-4H3,(H,29,37)(H3,27,30,31,34)/t17-,19?,22-,26+,41?/m1/s1. The predicted molar refractivity (Wildman–Crippen MR) is 157 cm³/mol. The van der Waals surface area contributed by atoms with Crippen LogP contribution < -0.4 is 16.4 Å². The third-order valence-corrected chi connectivity index (χ3v) is 9.94. The number of aliphatic hydroxyl groups excluding tert-OH is 1. The van der Waals surface area contributed by atoms with Gasteiger partial charge in [-0.05, 0) is 18.9 Å². The van der Waals surface area contributed by atoms with Gasteiger partial charge in [-0.25, -0.2) is 14.6 Å². The van der Waals surface area contributed by atoms with Gasteiger partial charge in [0.05, 0.1) is 19.5 Å². The Bertz CT molecular complexity index is 1500. The second-order valence-electron chi connectivity index (χ2n) is 10.8. The van der Waals surface area contributed by atoms with E-state index in [0.29, 0.717) is 6.42 Å². The third kappa shape index (κ3) is 7.12. The van der Waals surface area contributed by atoms with Gasteiger partial charge in [0.2, 0.25) is 5.95 Å². The fraction of sp³-hybridized carbons (Fsp3) is 0.538. The monoisotopic (exact) mass is 624 g/mol. The van der Waals surface area contributed by atoms with Gasteiger partial charge in [-0.3, -0.25) is 28.2 Å². The first-order valence-corrected chi connectivity index (χ1v) is 15.9. The number of carbonyl (C=O) groups excluding carboxylic acids is 1. The van der Waals surface area contributed by atoms with Gasteiger partial charge in [0.1, 0.15) is 17.8 Å². The van der Waals surface area contributed by atoms with E-state index in [-0.39, 0.29) is 41.1 Å². The second-order valence-corrected chi connectivity index (χ2v) is 13.7. The summed E-state index contributed by atoms with van der Waals surface area (Å²) in [4.78, 5) is 35.1. The highest BCUT2D eigenvalue weighted by atomic mass is 32.2. The maximum Gasteiger partial charge on any atom is 0.405 e. The molecule has 0 spiro atoms. The number of nitrogen functional groups attached to an aromatic ring is 1. The molecule has 3 heterocycles. The summed E-state index contributed by atoms with van der Waals surface area (Å²) < 4.78 is 32.3. The number of rotatable bonds is 13. The molecule has 1 aromatic carbocycles. The molecule has 2 aromatic heterocycles. The highest BCUT2D eigenvalue weighted by molar-refractivity contribution is 8.13. The zero-order valence-electron chi connectivity index (χ0n) is 23.9. The fourth-order valence-corrected chi connectivity index (χ4v) is 6.53. The van der Waals surface area contributed by atoms with Gasteiger partial charge in [-0.15, -0.1) is 0 Å².